The number of likely N-dealkylation sites (N-methyl/N-ethyl adjacent to an activating group) is 1. The Morgan fingerprint density at radius 2 is 1.92 bits per heavy atom. The van der Waals surface area contributed by atoms with E-state index in [1.807, 2.05) is 37.2 Å². The first-order chi connectivity index (χ1) is 12.5. The predicted molar refractivity (Wildman–Crippen MR) is 106 cm³/mol. The van der Waals surface area contributed by atoms with Crippen LogP contribution in [-0.4, -0.2) is 50.2 Å². The summed E-state index contributed by atoms with van der Waals surface area (Å²) in [5.74, 6) is 1.83. The number of nitrogens with zero attached hydrogens (tertiary/aromatic N) is 6. The van der Waals surface area contributed by atoms with Crippen molar-refractivity contribution in [3.63, 3.8) is 0 Å². The van der Waals surface area contributed by atoms with Crippen LogP contribution in [0.25, 0.3) is 0 Å². The van der Waals surface area contributed by atoms with Crippen LogP contribution in [0.5, 0.6) is 0 Å². The van der Waals surface area contributed by atoms with Crippen LogP contribution in [-0.2, 0) is 0 Å². The molecule has 6 heteroatoms. The van der Waals surface area contributed by atoms with Gasteiger partial charge in [0.1, 0.15) is 24.0 Å². The van der Waals surface area contributed by atoms with Crippen LogP contribution in [0.3, 0.4) is 0 Å². The first kappa shape index (κ1) is 18.0. The lowest BCUT2D eigenvalue weighted by Crippen LogP contribution is -2.47. The quantitative estimate of drug-likeness (QED) is 0.845. The van der Waals surface area contributed by atoms with Crippen molar-refractivity contribution in [1.29, 1.82) is 5.26 Å². The minimum atomic E-state index is 0.348. The smallest absolute Gasteiger partial charge is 0.134 e. The van der Waals surface area contributed by atoms with Gasteiger partial charge in [0.15, 0.2) is 0 Å². The van der Waals surface area contributed by atoms with Gasteiger partial charge < -0.3 is 14.7 Å². The summed E-state index contributed by atoms with van der Waals surface area (Å²) in [6.07, 6.45) is 3.83. The van der Waals surface area contributed by atoms with Crippen molar-refractivity contribution >= 4 is 17.3 Å². The van der Waals surface area contributed by atoms with E-state index >= 15 is 0 Å². The van der Waals surface area contributed by atoms with Crippen molar-refractivity contribution in [3.8, 4) is 6.07 Å². The van der Waals surface area contributed by atoms with E-state index in [0.717, 1.165) is 48.8 Å². The molecule has 0 radical (unpaired) electrons. The van der Waals surface area contributed by atoms with Crippen LogP contribution in [0.15, 0.2) is 30.6 Å². The van der Waals surface area contributed by atoms with Crippen molar-refractivity contribution in [2.45, 2.75) is 25.8 Å². The van der Waals surface area contributed by atoms with Crippen molar-refractivity contribution < 1.29 is 0 Å². The lowest BCUT2D eigenvalue weighted by atomic mass is 10.0. The highest BCUT2D eigenvalue weighted by Crippen LogP contribution is 2.28. The molecule has 0 amide bonds. The van der Waals surface area contributed by atoms with Gasteiger partial charge >= 0.3 is 0 Å². The highest BCUT2D eigenvalue weighted by molar-refractivity contribution is 5.61. The summed E-state index contributed by atoms with van der Waals surface area (Å²) in [6, 6.07) is 10.7. The zero-order chi connectivity index (χ0) is 18.7. The molecular weight excluding hydrogens is 324 g/mol. The molecule has 0 bridgehead atoms. The fourth-order valence-corrected chi connectivity index (χ4v) is 3.45. The van der Waals surface area contributed by atoms with Crippen LogP contribution < -0.4 is 14.7 Å². The summed E-state index contributed by atoms with van der Waals surface area (Å²) < 4.78 is 0. The van der Waals surface area contributed by atoms with Crippen molar-refractivity contribution in [3.05, 3.63) is 41.7 Å². The molecule has 6 nitrogen and oxygen atoms in total. The fourth-order valence-electron chi connectivity index (χ4n) is 3.45. The number of piperidine rings is 1. The first-order valence-electron chi connectivity index (χ1n) is 8.97. The first-order valence-corrected chi connectivity index (χ1v) is 8.97. The Hall–Kier alpha value is -2.81. The third-order valence-corrected chi connectivity index (χ3v) is 5.02. The number of hydrogen-bond acceptors (Lipinski definition) is 6. The molecule has 1 aliphatic heterocycles. The predicted octanol–water partition coefficient (Wildman–Crippen LogP) is 2.83. The molecule has 0 N–H and O–H groups in total. The van der Waals surface area contributed by atoms with Crippen LogP contribution >= 0.6 is 0 Å². The van der Waals surface area contributed by atoms with Gasteiger partial charge in [0.25, 0.3) is 0 Å². The van der Waals surface area contributed by atoms with Crippen LogP contribution in [0.2, 0.25) is 0 Å². The van der Waals surface area contributed by atoms with Gasteiger partial charge in [0.05, 0.1) is 11.3 Å². The van der Waals surface area contributed by atoms with E-state index in [9.17, 15) is 5.26 Å². The Morgan fingerprint density at radius 3 is 2.65 bits per heavy atom. The van der Waals surface area contributed by atoms with E-state index in [4.69, 9.17) is 0 Å². The molecule has 136 valence electrons. The van der Waals surface area contributed by atoms with E-state index in [2.05, 4.69) is 45.9 Å². The second kappa shape index (κ2) is 7.61. The van der Waals surface area contributed by atoms with Gasteiger partial charge in [-0.15, -0.1) is 0 Å². The van der Waals surface area contributed by atoms with Crippen molar-refractivity contribution in [2.24, 2.45) is 0 Å². The molecule has 1 atom stereocenters. The number of nitriles is 1. The molecule has 1 unspecified atom stereocenters. The Kier molecular flexibility index (Phi) is 5.27. The normalized spacial score (nSPS) is 16.9. The summed E-state index contributed by atoms with van der Waals surface area (Å²) >= 11 is 0. The molecule has 1 saturated heterocycles. The van der Waals surface area contributed by atoms with E-state index in [1.165, 1.54) is 5.56 Å². The summed E-state index contributed by atoms with van der Waals surface area (Å²) in [5.41, 5.74) is 2.97. The monoisotopic (exact) mass is 350 g/mol. The molecule has 1 fully saturated rings. The Bertz CT molecular complexity index is 810. The molecule has 0 aliphatic carbocycles. The van der Waals surface area contributed by atoms with Crippen molar-refractivity contribution in [1.82, 2.24) is 9.97 Å². The van der Waals surface area contributed by atoms with Gasteiger partial charge in [-0.2, -0.15) is 5.26 Å². The molecule has 1 aromatic carbocycles. The number of anilines is 3. The van der Waals surface area contributed by atoms with Gasteiger partial charge in [-0.3, -0.25) is 0 Å². The molecule has 2 heterocycles. The molecule has 1 aliphatic rings. The number of benzene rings is 1. The second-order valence-corrected chi connectivity index (χ2v) is 7.11. The van der Waals surface area contributed by atoms with Gasteiger partial charge in [0, 0.05) is 46.3 Å². The van der Waals surface area contributed by atoms with Gasteiger partial charge in [-0.05, 0) is 37.5 Å². The molecular formula is C20H26N6. The standard InChI is InChI=1S/C20H26N6/c1-15-7-8-16(12-21)18(10-15)26-9-5-6-17(13-26)25(4)20-11-19(24(2)3)22-14-23-20/h7-8,10-11,14,17H,5-6,9,13H2,1-4H3. The zero-order valence-electron chi connectivity index (χ0n) is 16.0. The molecule has 26 heavy (non-hydrogen) atoms. The van der Waals surface area contributed by atoms with Crippen LogP contribution in [0.1, 0.15) is 24.0 Å². The number of hydrogen-bond donors (Lipinski definition) is 0. The molecule has 2 aromatic rings. The highest BCUT2D eigenvalue weighted by atomic mass is 15.3. The van der Waals surface area contributed by atoms with E-state index in [0.29, 0.717) is 6.04 Å². The molecule has 0 spiro atoms. The number of aromatic nitrogens is 2. The molecule has 3 rings (SSSR count). The maximum atomic E-state index is 9.47. The summed E-state index contributed by atoms with van der Waals surface area (Å²) in [6.45, 7) is 3.94. The Labute approximate surface area is 155 Å². The van der Waals surface area contributed by atoms with E-state index in [1.54, 1.807) is 6.33 Å². The number of aryl methyl sites for hydroxylation is 1. The van der Waals surface area contributed by atoms with Crippen LogP contribution in [0, 0.1) is 18.3 Å². The maximum Gasteiger partial charge on any atom is 0.134 e. The average molecular weight is 350 g/mol. The highest BCUT2D eigenvalue weighted by Gasteiger charge is 2.26. The topological polar surface area (TPSA) is 59.3 Å². The lowest BCUT2D eigenvalue weighted by molar-refractivity contribution is 0.485. The summed E-state index contributed by atoms with van der Waals surface area (Å²) in [4.78, 5) is 15.3. The van der Waals surface area contributed by atoms with E-state index < -0.39 is 0 Å². The SMILES string of the molecule is Cc1ccc(C#N)c(N2CCCC(N(C)c3cc(N(C)C)ncn3)C2)c1. The molecule has 1 aromatic heterocycles. The van der Waals surface area contributed by atoms with E-state index in [-0.39, 0.29) is 0 Å². The summed E-state index contributed by atoms with van der Waals surface area (Å²) in [5, 5.41) is 9.47. The lowest BCUT2D eigenvalue weighted by Gasteiger charge is -2.39. The average Bonchev–Trinajstić information content (AvgIpc) is 2.67. The van der Waals surface area contributed by atoms with Crippen molar-refractivity contribution in [2.75, 3.05) is 48.9 Å². The van der Waals surface area contributed by atoms with Gasteiger partial charge in [0.2, 0.25) is 0 Å². The second-order valence-electron chi connectivity index (χ2n) is 7.11. The van der Waals surface area contributed by atoms with Gasteiger partial charge in [-0.25, -0.2) is 9.97 Å². The third-order valence-electron chi connectivity index (χ3n) is 5.02. The fraction of sp³-hybridized carbons (Fsp3) is 0.450. The Morgan fingerprint density at radius 1 is 1.15 bits per heavy atom. The van der Waals surface area contributed by atoms with Crippen LogP contribution in [0.4, 0.5) is 17.3 Å². The summed E-state index contributed by atoms with van der Waals surface area (Å²) in [7, 11) is 6.06. The maximum absolute atomic E-state index is 9.47. The molecule has 0 saturated carbocycles. The van der Waals surface area contributed by atoms with Gasteiger partial charge in [-0.1, -0.05) is 6.07 Å². The Balaban J connectivity index is 1.82. The largest absolute Gasteiger partial charge is 0.368 e. The third kappa shape index (κ3) is 3.72. The minimum Gasteiger partial charge on any atom is -0.368 e. The zero-order valence-corrected chi connectivity index (χ0v) is 16.0. The minimum absolute atomic E-state index is 0.348. The number of rotatable bonds is 4.